The molecule has 5 nitrogen and oxygen atoms in total. The first-order chi connectivity index (χ1) is 10.6. The van der Waals surface area contributed by atoms with Crippen LogP contribution in [0.25, 0.3) is 0 Å². The van der Waals surface area contributed by atoms with Gasteiger partial charge in [-0.1, -0.05) is 0 Å². The van der Waals surface area contributed by atoms with E-state index in [2.05, 4.69) is 4.90 Å². The van der Waals surface area contributed by atoms with E-state index < -0.39 is 0 Å². The average molecular weight is 294 g/mol. The Morgan fingerprint density at radius 1 is 1.18 bits per heavy atom. The summed E-state index contributed by atoms with van der Waals surface area (Å²) in [5.74, 6) is 0.803. The Morgan fingerprint density at radius 3 is 2.32 bits per heavy atom. The summed E-state index contributed by atoms with van der Waals surface area (Å²) in [5.41, 5.74) is 3.02. The van der Waals surface area contributed by atoms with Crippen LogP contribution in [0.1, 0.15) is 0 Å². The van der Waals surface area contributed by atoms with Crippen LogP contribution in [-0.4, -0.2) is 39.2 Å². The second-order valence-corrected chi connectivity index (χ2v) is 5.25. The van der Waals surface area contributed by atoms with Crippen molar-refractivity contribution in [3.63, 3.8) is 0 Å². The van der Waals surface area contributed by atoms with Crippen molar-refractivity contribution in [2.24, 2.45) is 0 Å². The third-order valence-electron chi connectivity index (χ3n) is 3.47. The molecule has 0 amide bonds. The lowest BCUT2D eigenvalue weighted by molar-refractivity contribution is 0.415. The SMILES string of the molecule is COc1ccc(N2CC(=C(C#N)C#N)/C(=C\N(C)C)C2)cc1. The van der Waals surface area contributed by atoms with Gasteiger partial charge in [0, 0.05) is 44.6 Å². The number of rotatable bonds is 3. The minimum Gasteiger partial charge on any atom is -0.497 e. The van der Waals surface area contributed by atoms with Gasteiger partial charge in [-0.05, 0) is 29.8 Å². The zero-order valence-corrected chi connectivity index (χ0v) is 13.0. The summed E-state index contributed by atoms with van der Waals surface area (Å²) in [7, 11) is 5.49. The van der Waals surface area contributed by atoms with Gasteiger partial charge in [0.1, 0.15) is 23.5 Å². The number of hydrogen-bond donors (Lipinski definition) is 0. The number of nitriles is 2. The third-order valence-corrected chi connectivity index (χ3v) is 3.47. The Morgan fingerprint density at radius 2 is 1.82 bits per heavy atom. The molecule has 112 valence electrons. The summed E-state index contributed by atoms with van der Waals surface area (Å²) in [5, 5.41) is 18.3. The van der Waals surface area contributed by atoms with E-state index in [0.717, 1.165) is 22.6 Å². The van der Waals surface area contributed by atoms with Gasteiger partial charge >= 0.3 is 0 Å². The first kappa shape index (κ1) is 15.5. The molecule has 0 aromatic heterocycles. The highest BCUT2D eigenvalue weighted by Gasteiger charge is 2.25. The highest BCUT2D eigenvalue weighted by molar-refractivity contribution is 5.62. The molecule has 1 aliphatic heterocycles. The molecule has 1 heterocycles. The molecule has 1 saturated heterocycles. The minimum absolute atomic E-state index is 0.184. The first-order valence-electron chi connectivity index (χ1n) is 6.89. The van der Waals surface area contributed by atoms with Gasteiger partial charge in [0.2, 0.25) is 0 Å². The Bertz CT molecular complexity index is 671. The van der Waals surface area contributed by atoms with Crippen LogP contribution in [0.4, 0.5) is 5.69 Å². The normalized spacial score (nSPS) is 15.4. The number of allylic oxidation sites excluding steroid dienone is 1. The molecular formula is C17H18N4O. The van der Waals surface area contributed by atoms with Crippen molar-refractivity contribution >= 4 is 5.69 Å². The predicted octanol–water partition coefficient (Wildman–Crippen LogP) is 2.30. The summed E-state index contributed by atoms with van der Waals surface area (Å²) in [6.07, 6.45) is 1.97. The fourth-order valence-corrected chi connectivity index (χ4v) is 2.45. The Hall–Kier alpha value is -2.92. The van der Waals surface area contributed by atoms with Gasteiger partial charge in [-0.25, -0.2) is 0 Å². The molecule has 2 rings (SSSR count). The lowest BCUT2D eigenvalue weighted by Crippen LogP contribution is -2.18. The summed E-state index contributed by atoms with van der Waals surface area (Å²) >= 11 is 0. The number of benzene rings is 1. The summed E-state index contributed by atoms with van der Waals surface area (Å²) < 4.78 is 5.17. The van der Waals surface area contributed by atoms with Crippen molar-refractivity contribution in [3.05, 3.63) is 47.2 Å². The van der Waals surface area contributed by atoms with Gasteiger partial charge in [0.05, 0.1) is 7.11 Å². The van der Waals surface area contributed by atoms with Gasteiger partial charge in [-0.3, -0.25) is 0 Å². The first-order valence-corrected chi connectivity index (χ1v) is 6.89. The second-order valence-electron chi connectivity index (χ2n) is 5.25. The highest BCUT2D eigenvalue weighted by atomic mass is 16.5. The summed E-state index contributed by atoms with van der Waals surface area (Å²) in [4.78, 5) is 4.07. The van der Waals surface area contributed by atoms with Crippen molar-refractivity contribution in [3.8, 4) is 17.9 Å². The van der Waals surface area contributed by atoms with E-state index in [1.165, 1.54) is 0 Å². The van der Waals surface area contributed by atoms with E-state index >= 15 is 0 Å². The molecule has 1 aromatic rings. The molecule has 22 heavy (non-hydrogen) atoms. The molecule has 1 fully saturated rings. The largest absolute Gasteiger partial charge is 0.497 e. The molecular weight excluding hydrogens is 276 g/mol. The summed E-state index contributed by atoms with van der Waals surface area (Å²) in [6, 6.07) is 11.8. The third kappa shape index (κ3) is 3.21. The minimum atomic E-state index is 0.184. The van der Waals surface area contributed by atoms with Crippen molar-refractivity contribution in [2.75, 3.05) is 39.2 Å². The van der Waals surface area contributed by atoms with Gasteiger partial charge < -0.3 is 14.5 Å². The highest BCUT2D eigenvalue weighted by Crippen LogP contribution is 2.30. The van der Waals surface area contributed by atoms with Gasteiger partial charge in [0.25, 0.3) is 0 Å². The zero-order valence-electron chi connectivity index (χ0n) is 13.0. The van der Waals surface area contributed by atoms with Gasteiger partial charge in [0.15, 0.2) is 0 Å². The monoisotopic (exact) mass is 294 g/mol. The quantitative estimate of drug-likeness (QED) is 0.800. The van der Waals surface area contributed by atoms with Crippen LogP contribution >= 0.6 is 0 Å². The number of ether oxygens (including phenoxy) is 1. The number of hydrogen-bond acceptors (Lipinski definition) is 5. The molecule has 1 aromatic carbocycles. The second kappa shape index (κ2) is 6.69. The van der Waals surface area contributed by atoms with E-state index in [1.54, 1.807) is 7.11 Å². The van der Waals surface area contributed by atoms with E-state index in [-0.39, 0.29) is 5.57 Å². The Balaban J connectivity index is 2.37. The van der Waals surface area contributed by atoms with E-state index in [4.69, 9.17) is 15.3 Å². The van der Waals surface area contributed by atoms with E-state index in [0.29, 0.717) is 13.1 Å². The molecule has 0 N–H and O–H groups in total. The number of nitrogens with zero attached hydrogens (tertiary/aromatic N) is 4. The lowest BCUT2D eigenvalue weighted by atomic mass is 10.1. The van der Waals surface area contributed by atoms with Gasteiger partial charge in [-0.15, -0.1) is 0 Å². The van der Waals surface area contributed by atoms with Crippen LogP contribution in [0, 0.1) is 22.7 Å². The molecule has 0 atom stereocenters. The molecule has 0 unspecified atom stereocenters. The van der Waals surface area contributed by atoms with Crippen LogP contribution in [0.15, 0.2) is 47.2 Å². The van der Waals surface area contributed by atoms with E-state index in [9.17, 15) is 0 Å². The maximum absolute atomic E-state index is 9.16. The molecule has 1 aliphatic rings. The average Bonchev–Trinajstić information content (AvgIpc) is 2.92. The van der Waals surface area contributed by atoms with Crippen molar-refractivity contribution in [1.82, 2.24) is 4.90 Å². The number of anilines is 1. The molecule has 0 saturated carbocycles. The van der Waals surface area contributed by atoms with Crippen LogP contribution in [-0.2, 0) is 0 Å². The molecule has 0 aliphatic carbocycles. The topological polar surface area (TPSA) is 63.3 Å². The number of methoxy groups -OCH3 is 1. The lowest BCUT2D eigenvalue weighted by Gasteiger charge is -2.17. The van der Waals surface area contributed by atoms with Crippen LogP contribution in [0.3, 0.4) is 0 Å². The van der Waals surface area contributed by atoms with Crippen LogP contribution in [0.2, 0.25) is 0 Å². The van der Waals surface area contributed by atoms with E-state index in [1.807, 2.05) is 61.6 Å². The maximum atomic E-state index is 9.16. The molecule has 5 heteroatoms. The fraction of sp³-hybridized carbons (Fsp3) is 0.294. The maximum Gasteiger partial charge on any atom is 0.135 e. The Kier molecular flexibility index (Phi) is 4.70. The van der Waals surface area contributed by atoms with Crippen molar-refractivity contribution in [1.29, 1.82) is 10.5 Å². The molecule has 0 radical (unpaired) electrons. The van der Waals surface area contributed by atoms with Crippen molar-refractivity contribution < 1.29 is 4.74 Å². The van der Waals surface area contributed by atoms with Crippen molar-refractivity contribution in [2.45, 2.75) is 0 Å². The molecule has 0 bridgehead atoms. The van der Waals surface area contributed by atoms with Gasteiger partial charge in [-0.2, -0.15) is 10.5 Å². The summed E-state index contributed by atoms with van der Waals surface area (Å²) in [6.45, 7) is 1.23. The zero-order chi connectivity index (χ0) is 16.1. The molecule has 0 spiro atoms. The Labute approximate surface area is 130 Å². The van der Waals surface area contributed by atoms with Crippen LogP contribution in [0.5, 0.6) is 5.75 Å². The standard InChI is InChI=1S/C17H18N4O/c1-20(2)10-14-11-21(12-17(14)13(8-18)9-19)15-4-6-16(22-3)7-5-15/h4-7,10H,11-12H2,1-3H3/b14-10-. The predicted molar refractivity (Wildman–Crippen MR) is 85.2 cm³/mol. The smallest absolute Gasteiger partial charge is 0.135 e. The fourth-order valence-electron chi connectivity index (χ4n) is 2.45. The van der Waals surface area contributed by atoms with Crippen LogP contribution < -0.4 is 9.64 Å².